The van der Waals surface area contributed by atoms with E-state index < -0.39 is 123 Å². The first kappa shape index (κ1) is 47.2. The van der Waals surface area contributed by atoms with Crippen LogP contribution in [0.15, 0.2) is 0 Å². The number of aliphatic hydroxyl groups excluding tert-OH is 2. The monoisotopic (exact) mass is 822 g/mol. The number of hydrogen-bond acceptors (Lipinski definition) is 14. The third-order valence-electron chi connectivity index (χ3n) is 12.6. The molecule has 3 heterocycles. The number of sulfonamides is 1. The Morgan fingerprint density at radius 3 is 2.18 bits per heavy atom. The van der Waals surface area contributed by atoms with Gasteiger partial charge in [-0.1, -0.05) is 40.0 Å². The average Bonchev–Trinajstić information content (AvgIpc) is 3.13. The first-order valence-electron chi connectivity index (χ1n) is 20.4. The van der Waals surface area contributed by atoms with Crippen LogP contribution in [-0.4, -0.2) is 138 Å². The van der Waals surface area contributed by atoms with Crippen LogP contribution >= 0.6 is 0 Å². The molecule has 4 rings (SSSR count). The van der Waals surface area contributed by atoms with Crippen molar-refractivity contribution >= 4 is 21.9 Å². The number of nitrogens with one attached hydrogen (secondary N) is 2. The zero-order chi connectivity index (χ0) is 42.0. The molecule has 0 aromatic heterocycles. The number of carbonyl (C=O) groups excluding carboxylic acids is 2. The molecule has 6 N–H and O–H groups in total. The van der Waals surface area contributed by atoms with Crippen LogP contribution in [0.3, 0.4) is 0 Å². The van der Waals surface area contributed by atoms with Crippen molar-refractivity contribution in [2.24, 2.45) is 17.8 Å². The van der Waals surface area contributed by atoms with Gasteiger partial charge in [0.25, 0.3) is 0 Å². The maximum atomic E-state index is 14.1. The Balaban J connectivity index is 1.75. The molecule has 3 aliphatic heterocycles. The van der Waals surface area contributed by atoms with Crippen molar-refractivity contribution in [3.8, 4) is 0 Å². The predicted octanol–water partition coefficient (Wildman–Crippen LogP) is 2.03. The molecule has 0 aromatic carbocycles. The van der Waals surface area contributed by atoms with Gasteiger partial charge in [-0.25, -0.2) is 13.1 Å². The molecule has 4 aliphatic rings. The zero-order valence-corrected chi connectivity index (χ0v) is 35.8. The van der Waals surface area contributed by atoms with Crippen molar-refractivity contribution < 1.29 is 66.9 Å². The number of aliphatic hydroxyl groups is 4. The van der Waals surface area contributed by atoms with E-state index in [-0.39, 0.29) is 32.2 Å². The highest BCUT2D eigenvalue weighted by atomic mass is 32.2. The van der Waals surface area contributed by atoms with E-state index in [4.69, 9.17) is 28.4 Å². The predicted molar refractivity (Wildman–Crippen MR) is 204 cm³/mol. The van der Waals surface area contributed by atoms with Gasteiger partial charge in [-0.2, -0.15) is 0 Å². The molecule has 3 saturated heterocycles. The third-order valence-corrected chi connectivity index (χ3v) is 14.6. The number of β-amino-alcohol motifs (C(OH)–C–C–N with tert-alkyl or cyclic N) is 1. The summed E-state index contributed by atoms with van der Waals surface area (Å²) in [5.41, 5.74) is -4.58. The molecule has 56 heavy (non-hydrogen) atoms. The summed E-state index contributed by atoms with van der Waals surface area (Å²) in [4.78, 5) is 27.5. The molecule has 0 unspecified atom stereocenters. The second-order valence-corrected chi connectivity index (χ2v) is 19.7. The van der Waals surface area contributed by atoms with E-state index in [0.29, 0.717) is 12.8 Å². The van der Waals surface area contributed by atoms with Crippen LogP contribution < -0.4 is 10.0 Å². The van der Waals surface area contributed by atoms with E-state index in [1.165, 1.54) is 21.0 Å². The summed E-state index contributed by atoms with van der Waals surface area (Å²) in [7, 11) is -2.33. The van der Waals surface area contributed by atoms with E-state index in [1.54, 1.807) is 48.5 Å². The highest BCUT2D eigenvalue weighted by Crippen LogP contribution is 2.40. The highest BCUT2D eigenvalue weighted by molar-refractivity contribution is 7.90. The zero-order valence-electron chi connectivity index (χ0n) is 34.9. The largest absolute Gasteiger partial charge is 0.459 e. The SMILES string of the molecule is CC[C@H]1OC(=O)[C@H](C)[C@@H](O[C@H]2C[C@@](C)(OC)[C@@H](O)[C@H](C)O2)[C@H](C)[C@@H](O[C@@H]2O[C@H](C)C[C@H](NS(=O)(=O)C3CCCCC3)[C@H]2O)[C@](C)(O)C[C@@H](C)C(=O)NC[C@]1(C)O. The first-order chi connectivity index (χ1) is 26.0. The molecule has 1 amide bonds. The van der Waals surface area contributed by atoms with Crippen molar-refractivity contribution in [1.29, 1.82) is 0 Å². The van der Waals surface area contributed by atoms with Crippen LogP contribution in [0.25, 0.3) is 0 Å². The van der Waals surface area contributed by atoms with Crippen molar-refractivity contribution in [3.05, 3.63) is 0 Å². The first-order valence-corrected chi connectivity index (χ1v) is 22.0. The summed E-state index contributed by atoms with van der Waals surface area (Å²) in [6.07, 6.45) is -5.79. The topological polar surface area (TPSA) is 229 Å². The Morgan fingerprint density at radius 2 is 1.57 bits per heavy atom. The van der Waals surface area contributed by atoms with Crippen molar-refractivity contribution in [2.75, 3.05) is 13.7 Å². The lowest BCUT2D eigenvalue weighted by atomic mass is 9.77. The molecule has 0 spiro atoms. The Kier molecular flexibility index (Phi) is 15.9. The van der Waals surface area contributed by atoms with E-state index in [2.05, 4.69) is 10.0 Å². The van der Waals surface area contributed by atoms with Crippen LogP contribution in [0.4, 0.5) is 0 Å². The van der Waals surface area contributed by atoms with Gasteiger partial charge in [0.15, 0.2) is 12.6 Å². The molecular weight excluding hydrogens is 752 g/mol. The van der Waals surface area contributed by atoms with Crippen LogP contribution in [0.2, 0.25) is 0 Å². The highest BCUT2D eigenvalue weighted by Gasteiger charge is 2.52. The number of ether oxygens (including phenoxy) is 6. The average molecular weight is 823 g/mol. The van der Waals surface area contributed by atoms with Crippen LogP contribution in [0.1, 0.15) is 120 Å². The maximum absolute atomic E-state index is 14.1. The van der Waals surface area contributed by atoms with Gasteiger partial charge in [-0.15, -0.1) is 0 Å². The van der Waals surface area contributed by atoms with Gasteiger partial charge in [0, 0.05) is 31.9 Å². The summed E-state index contributed by atoms with van der Waals surface area (Å²) in [5, 5.41) is 48.6. The minimum atomic E-state index is -3.80. The van der Waals surface area contributed by atoms with Gasteiger partial charge in [0.05, 0.1) is 52.8 Å². The van der Waals surface area contributed by atoms with E-state index in [0.717, 1.165) is 19.3 Å². The van der Waals surface area contributed by atoms with Gasteiger partial charge in [-0.05, 0) is 73.6 Å². The second kappa shape index (κ2) is 18.8. The summed E-state index contributed by atoms with van der Waals surface area (Å²) in [6.45, 7) is 14.5. The van der Waals surface area contributed by atoms with Crippen LogP contribution in [-0.2, 0) is 48.0 Å². The number of cyclic esters (lactones) is 1. The Labute approximate surface area is 333 Å². The van der Waals surface area contributed by atoms with Crippen molar-refractivity contribution in [2.45, 2.75) is 204 Å². The molecule has 16 nitrogen and oxygen atoms in total. The third kappa shape index (κ3) is 11.0. The molecule has 0 bridgehead atoms. The molecule has 0 aromatic rings. The molecule has 0 radical (unpaired) electrons. The number of rotatable bonds is 9. The van der Waals surface area contributed by atoms with Crippen molar-refractivity contribution in [1.82, 2.24) is 10.0 Å². The van der Waals surface area contributed by atoms with Crippen molar-refractivity contribution in [3.63, 3.8) is 0 Å². The van der Waals surface area contributed by atoms with Crippen LogP contribution in [0.5, 0.6) is 0 Å². The van der Waals surface area contributed by atoms with Crippen LogP contribution in [0, 0.1) is 17.8 Å². The van der Waals surface area contributed by atoms with E-state index in [1.807, 2.05) is 0 Å². The Morgan fingerprint density at radius 1 is 0.929 bits per heavy atom. The van der Waals surface area contributed by atoms with E-state index in [9.17, 15) is 38.4 Å². The molecular formula is C39H70N2O14S. The minimum Gasteiger partial charge on any atom is -0.459 e. The molecule has 4 fully saturated rings. The van der Waals surface area contributed by atoms with Gasteiger partial charge in [-0.3, -0.25) is 9.59 Å². The number of hydrogen-bond donors (Lipinski definition) is 6. The number of methoxy groups -OCH3 is 1. The van der Waals surface area contributed by atoms with Gasteiger partial charge in [0.2, 0.25) is 15.9 Å². The molecule has 1 saturated carbocycles. The quantitative estimate of drug-likeness (QED) is 0.183. The van der Waals surface area contributed by atoms with E-state index >= 15 is 0 Å². The smallest absolute Gasteiger partial charge is 0.311 e. The van der Waals surface area contributed by atoms with Gasteiger partial charge >= 0.3 is 5.97 Å². The molecule has 17 heteroatoms. The summed E-state index contributed by atoms with van der Waals surface area (Å²) in [6, 6.07) is -0.964. The summed E-state index contributed by atoms with van der Waals surface area (Å²) in [5.74, 6) is -4.03. The fourth-order valence-electron chi connectivity index (χ4n) is 9.00. The number of esters is 1. The minimum absolute atomic E-state index is 0.0657. The Bertz CT molecular complexity index is 1430. The second-order valence-electron chi connectivity index (χ2n) is 17.7. The lowest BCUT2D eigenvalue weighted by Gasteiger charge is -2.48. The maximum Gasteiger partial charge on any atom is 0.311 e. The lowest BCUT2D eigenvalue weighted by Crippen LogP contribution is -2.61. The van der Waals surface area contributed by atoms with Gasteiger partial charge < -0.3 is 54.2 Å². The standard InChI is InChI=1S/C39H70N2O14S/c1-11-28-38(8,47)20-40-34(44)21(2)18-37(7,46)33(55-36-30(42)27(17-22(3)51-36)41-56(48,49)26-15-13-12-14-16-26)23(4)31(24(5)35(45)53-28)54-29-19-39(9,50-10)32(43)25(6)52-29/h21-33,36,41-43,46-47H,11-20H2,1-10H3,(H,40,44)/t21-,22-,23+,24-,25+,27+,28-,29+,30-,31+,32+,33-,36+,37-,38+,39-/m1/s1. The lowest BCUT2D eigenvalue weighted by molar-refractivity contribution is -0.315. The normalized spacial score (nSPS) is 45.7. The number of amides is 1. The fraction of sp³-hybridized carbons (Fsp3) is 0.949. The molecule has 1 aliphatic carbocycles. The summed E-state index contributed by atoms with van der Waals surface area (Å²) < 4.78 is 66.8. The fourth-order valence-corrected chi connectivity index (χ4v) is 10.8. The molecule has 326 valence electrons. The summed E-state index contributed by atoms with van der Waals surface area (Å²) >= 11 is 0. The van der Waals surface area contributed by atoms with Gasteiger partial charge in [0.1, 0.15) is 23.9 Å². The molecule has 16 atom stereocenters. The Hall–Kier alpha value is -1.51. The number of carbonyl (C=O) groups is 2.